The van der Waals surface area contributed by atoms with Crippen LogP contribution in [0.5, 0.6) is 17.2 Å². The number of fused-ring (bicyclic) bond motifs is 1. The quantitative estimate of drug-likeness (QED) is 0.725. The van der Waals surface area contributed by atoms with Crippen LogP contribution in [0.4, 0.5) is 5.69 Å². The zero-order valence-corrected chi connectivity index (χ0v) is 14.9. The maximum Gasteiger partial charge on any atom is 0.231 e. The topological polar surface area (TPSA) is 56.8 Å². The molecule has 1 heterocycles. The van der Waals surface area contributed by atoms with Gasteiger partial charge in [-0.3, -0.25) is 4.79 Å². The molecule has 132 valence electrons. The fraction of sp³-hybridized carbons (Fsp3) is 0.316. The Balaban J connectivity index is 1.29. The Bertz CT molecular complexity index is 718. The summed E-state index contributed by atoms with van der Waals surface area (Å²) in [5.74, 6) is 3.86. The van der Waals surface area contributed by atoms with Gasteiger partial charge in [-0.25, -0.2) is 0 Å². The van der Waals surface area contributed by atoms with Gasteiger partial charge < -0.3 is 19.5 Å². The molecule has 2 aromatic rings. The van der Waals surface area contributed by atoms with Crippen molar-refractivity contribution in [1.29, 1.82) is 0 Å². The molecule has 1 aliphatic rings. The second-order valence-corrected chi connectivity index (χ2v) is 6.86. The molecule has 1 N–H and O–H groups in total. The van der Waals surface area contributed by atoms with Crippen molar-refractivity contribution in [3.8, 4) is 17.2 Å². The van der Waals surface area contributed by atoms with E-state index in [1.807, 2.05) is 37.3 Å². The number of carbonyl (C=O) groups excluding carboxylic acids is 1. The molecule has 0 saturated heterocycles. The van der Waals surface area contributed by atoms with Crippen molar-refractivity contribution >= 4 is 23.4 Å². The molecule has 25 heavy (non-hydrogen) atoms. The largest absolute Gasteiger partial charge is 0.493 e. The Kier molecular flexibility index (Phi) is 6.06. The fourth-order valence-electron chi connectivity index (χ4n) is 2.32. The number of thioether (sulfide) groups is 1. The maximum absolute atomic E-state index is 12.0. The Labute approximate surface area is 151 Å². The minimum atomic E-state index is -0.00850. The molecule has 0 radical (unpaired) electrons. The standard InChI is InChI=1S/C19H21NO4S/c1-14-2-5-16(6-3-14)22-9-11-25-10-8-19(21)20-15-4-7-17-18(12-15)24-13-23-17/h2-7,12H,8-11,13H2,1H3,(H,20,21). The van der Waals surface area contributed by atoms with Crippen molar-refractivity contribution in [3.63, 3.8) is 0 Å². The zero-order chi connectivity index (χ0) is 17.5. The third-order valence-electron chi connectivity index (χ3n) is 3.65. The first-order valence-corrected chi connectivity index (χ1v) is 9.33. The Morgan fingerprint density at radius 3 is 2.76 bits per heavy atom. The highest BCUT2D eigenvalue weighted by molar-refractivity contribution is 7.99. The Morgan fingerprint density at radius 1 is 1.12 bits per heavy atom. The van der Waals surface area contributed by atoms with Gasteiger partial charge in [0, 0.05) is 29.7 Å². The molecular weight excluding hydrogens is 338 g/mol. The van der Waals surface area contributed by atoms with Crippen molar-refractivity contribution in [2.45, 2.75) is 13.3 Å². The second-order valence-electron chi connectivity index (χ2n) is 5.64. The molecule has 1 amide bonds. The smallest absolute Gasteiger partial charge is 0.231 e. The normalized spacial score (nSPS) is 12.0. The molecular formula is C19H21NO4S. The lowest BCUT2D eigenvalue weighted by molar-refractivity contribution is -0.115. The molecule has 2 aromatic carbocycles. The first-order valence-electron chi connectivity index (χ1n) is 8.17. The molecule has 5 nitrogen and oxygen atoms in total. The number of hydrogen-bond donors (Lipinski definition) is 1. The third kappa shape index (κ3) is 5.32. The van der Waals surface area contributed by atoms with Gasteiger partial charge in [0.1, 0.15) is 5.75 Å². The van der Waals surface area contributed by atoms with Crippen LogP contribution in [-0.2, 0) is 4.79 Å². The van der Waals surface area contributed by atoms with Gasteiger partial charge in [-0.2, -0.15) is 11.8 Å². The van der Waals surface area contributed by atoms with Crippen LogP contribution in [0, 0.1) is 6.92 Å². The average molecular weight is 359 g/mol. The van der Waals surface area contributed by atoms with Crippen molar-refractivity contribution in [1.82, 2.24) is 0 Å². The van der Waals surface area contributed by atoms with Crippen LogP contribution in [-0.4, -0.2) is 30.8 Å². The highest BCUT2D eigenvalue weighted by Gasteiger charge is 2.14. The Hall–Kier alpha value is -2.34. The van der Waals surface area contributed by atoms with E-state index in [0.29, 0.717) is 24.5 Å². The zero-order valence-electron chi connectivity index (χ0n) is 14.1. The van der Waals surface area contributed by atoms with E-state index in [1.54, 1.807) is 23.9 Å². The van der Waals surface area contributed by atoms with Gasteiger partial charge in [-0.1, -0.05) is 17.7 Å². The van der Waals surface area contributed by atoms with Crippen LogP contribution in [0.25, 0.3) is 0 Å². The molecule has 6 heteroatoms. The van der Waals surface area contributed by atoms with E-state index < -0.39 is 0 Å². The van der Waals surface area contributed by atoms with E-state index in [4.69, 9.17) is 14.2 Å². The number of amides is 1. The number of carbonyl (C=O) groups is 1. The molecule has 0 saturated carbocycles. The number of rotatable bonds is 8. The molecule has 0 bridgehead atoms. The molecule has 0 spiro atoms. The van der Waals surface area contributed by atoms with E-state index in [0.717, 1.165) is 22.9 Å². The number of nitrogens with one attached hydrogen (secondary N) is 1. The highest BCUT2D eigenvalue weighted by atomic mass is 32.2. The van der Waals surface area contributed by atoms with Crippen molar-refractivity contribution in [2.24, 2.45) is 0 Å². The van der Waals surface area contributed by atoms with Crippen LogP contribution in [0.1, 0.15) is 12.0 Å². The number of aryl methyl sites for hydroxylation is 1. The van der Waals surface area contributed by atoms with Crippen LogP contribution >= 0.6 is 11.8 Å². The van der Waals surface area contributed by atoms with Crippen molar-refractivity contribution in [2.75, 3.05) is 30.2 Å². The van der Waals surface area contributed by atoms with Crippen molar-refractivity contribution in [3.05, 3.63) is 48.0 Å². The van der Waals surface area contributed by atoms with Gasteiger partial charge in [0.15, 0.2) is 11.5 Å². The molecule has 0 atom stereocenters. The second kappa shape index (κ2) is 8.67. The van der Waals surface area contributed by atoms with Gasteiger partial charge in [0.2, 0.25) is 12.7 Å². The van der Waals surface area contributed by atoms with E-state index in [-0.39, 0.29) is 12.7 Å². The lowest BCUT2D eigenvalue weighted by Crippen LogP contribution is -2.12. The number of benzene rings is 2. The van der Waals surface area contributed by atoms with Crippen LogP contribution in [0.2, 0.25) is 0 Å². The summed E-state index contributed by atoms with van der Waals surface area (Å²) in [6.45, 7) is 2.92. The van der Waals surface area contributed by atoms with Gasteiger partial charge >= 0.3 is 0 Å². The molecule has 0 unspecified atom stereocenters. The van der Waals surface area contributed by atoms with E-state index in [2.05, 4.69) is 5.32 Å². The summed E-state index contributed by atoms with van der Waals surface area (Å²) >= 11 is 1.70. The summed E-state index contributed by atoms with van der Waals surface area (Å²) in [6, 6.07) is 13.4. The summed E-state index contributed by atoms with van der Waals surface area (Å²) in [4.78, 5) is 12.0. The molecule has 0 aromatic heterocycles. The summed E-state index contributed by atoms with van der Waals surface area (Å²) in [6.07, 6.45) is 0.462. The minimum Gasteiger partial charge on any atom is -0.493 e. The van der Waals surface area contributed by atoms with Crippen LogP contribution < -0.4 is 19.5 Å². The van der Waals surface area contributed by atoms with E-state index >= 15 is 0 Å². The predicted molar refractivity (Wildman–Crippen MR) is 99.8 cm³/mol. The minimum absolute atomic E-state index is 0.00850. The number of anilines is 1. The predicted octanol–water partition coefficient (Wildman–Crippen LogP) is 3.86. The average Bonchev–Trinajstić information content (AvgIpc) is 3.07. The number of hydrogen-bond acceptors (Lipinski definition) is 5. The SMILES string of the molecule is Cc1ccc(OCCSCCC(=O)Nc2ccc3c(c2)OCO3)cc1. The molecule has 3 rings (SSSR count). The van der Waals surface area contributed by atoms with Gasteiger partial charge in [-0.15, -0.1) is 0 Å². The summed E-state index contributed by atoms with van der Waals surface area (Å²) in [5.41, 5.74) is 1.94. The first-order chi connectivity index (χ1) is 12.2. The lowest BCUT2D eigenvalue weighted by Gasteiger charge is -2.07. The summed E-state index contributed by atoms with van der Waals surface area (Å²) < 4.78 is 16.2. The molecule has 1 aliphatic heterocycles. The maximum atomic E-state index is 12.0. The van der Waals surface area contributed by atoms with Gasteiger partial charge in [0.05, 0.1) is 6.61 Å². The van der Waals surface area contributed by atoms with Crippen LogP contribution in [0.3, 0.4) is 0 Å². The lowest BCUT2D eigenvalue weighted by atomic mass is 10.2. The Morgan fingerprint density at radius 2 is 1.92 bits per heavy atom. The van der Waals surface area contributed by atoms with E-state index in [9.17, 15) is 4.79 Å². The third-order valence-corrected chi connectivity index (χ3v) is 4.60. The summed E-state index contributed by atoms with van der Waals surface area (Å²) in [7, 11) is 0. The monoisotopic (exact) mass is 359 g/mol. The van der Waals surface area contributed by atoms with Crippen LogP contribution in [0.15, 0.2) is 42.5 Å². The van der Waals surface area contributed by atoms with Gasteiger partial charge in [0.25, 0.3) is 0 Å². The van der Waals surface area contributed by atoms with E-state index in [1.165, 1.54) is 5.56 Å². The molecule has 0 fully saturated rings. The fourth-order valence-corrected chi connectivity index (χ4v) is 3.05. The highest BCUT2D eigenvalue weighted by Crippen LogP contribution is 2.34. The first kappa shape index (κ1) is 17.5. The molecule has 0 aliphatic carbocycles. The number of ether oxygens (including phenoxy) is 3. The van der Waals surface area contributed by atoms with Gasteiger partial charge in [-0.05, 0) is 31.2 Å². The van der Waals surface area contributed by atoms with Crippen molar-refractivity contribution < 1.29 is 19.0 Å². The summed E-state index contributed by atoms with van der Waals surface area (Å²) in [5, 5.41) is 2.87.